The van der Waals surface area contributed by atoms with Crippen LogP contribution in [0.15, 0.2) is 36.8 Å². The van der Waals surface area contributed by atoms with Gasteiger partial charge in [0, 0.05) is 24.5 Å². The van der Waals surface area contributed by atoms with Gasteiger partial charge in [-0.3, -0.25) is 14.5 Å². The van der Waals surface area contributed by atoms with Crippen LogP contribution in [-0.4, -0.2) is 20.7 Å². The van der Waals surface area contributed by atoms with E-state index in [1.165, 1.54) is 12.8 Å². The second-order valence-electron chi connectivity index (χ2n) is 5.66. The molecule has 1 aliphatic carbocycles. The Kier molecular flexibility index (Phi) is 3.99. The van der Waals surface area contributed by atoms with Crippen LogP contribution >= 0.6 is 0 Å². The summed E-state index contributed by atoms with van der Waals surface area (Å²) in [5, 5.41) is 7.24. The molecular weight excluding hydrogens is 264 g/mol. The van der Waals surface area contributed by atoms with Gasteiger partial charge < -0.3 is 5.32 Å². The predicted molar refractivity (Wildman–Crippen MR) is 80.8 cm³/mol. The summed E-state index contributed by atoms with van der Waals surface area (Å²) < 4.78 is 1.95. The number of nitrogens with zero attached hydrogens (tertiary/aromatic N) is 3. The zero-order valence-electron chi connectivity index (χ0n) is 12.2. The average molecular weight is 284 g/mol. The summed E-state index contributed by atoms with van der Waals surface area (Å²) >= 11 is 0. The highest BCUT2D eigenvalue weighted by Gasteiger charge is 2.29. The highest BCUT2D eigenvalue weighted by atomic mass is 16.1. The number of nitrogens with one attached hydrogen (secondary N) is 1. The molecule has 2 aromatic heterocycles. The van der Waals surface area contributed by atoms with Crippen LogP contribution in [0.3, 0.4) is 0 Å². The number of hydrogen-bond donors (Lipinski definition) is 1. The monoisotopic (exact) mass is 284 g/mol. The van der Waals surface area contributed by atoms with Crippen molar-refractivity contribution in [3.63, 3.8) is 0 Å². The Hall–Kier alpha value is -2.17. The van der Waals surface area contributed by atoms with Crippen molar-refractivity contribution in [1.82, 2.24) is 14.8 Å². The second kappa shape index (κ2) is 6.08. The minimum atomic E-state index is -0.000668. The van der Waals surface area contributed by atoms with Crippen molar-refractivity contribution < 1.29 is 4.79 Å². The van der Waals surface area contributed by atoms with Gasteiger partial charge in [-0.1, -0.05) is 6.07 Å². The lowest BCUT2D eigenvalue weighted by Crippen LogP contribution is -2.12. The summed E-state index contributed by atoms with van der Waals surface area (Å²) in [5.41, 5.74) is 1.71. The number of anilines is 1. The van der Waals surface area contributed by atoms with Gasteiger partial charge in [0.1, 0.15) is 0 Å². The first-order valence-corrected chi connectivity index (χ1v) is 7.46. The molecule has 1 amide bonds. The Morgan fingerprint density at radius 2 is 2.33 bits per heavy atom. The first-order valence-electron chi connectivity index (χ1n) is 7.46. The molecule has 1 aliphatic rings. The van der Waals surface area contributed by atoms with Gasteiger partial charge in [-0.05, 0) is 44.2 Å². The van der Waals surface area contributed by atoms with Crippen molar-refractivity contribution in [2.75, 3.05) is 5.32 Å². The molecule has 1 saturated carbocycles. The fourth-order valence-electron chi connectivity index (χ4n) is 2.43. The SMILES string of the molecule is CC(C1CC1)n1cc(NC(=O)CCc2ccccn2)cn1. The van der Waals surface area contributed by atoms with Crippen molar-refractivity contribution >= 4 is 11.6 Å². The first-order chi connectivity index (χ1) is 10.2. The van der Waals surface area contributed by atoms with E-state index in [1.54, 1.807) is 12.4 Å². The Labute approximate surface area is 124 Å². The van der Waals surface area contributed by atoms with E-state index in [0.717, 1.165) is 17.3 Å². The van der Waals surface area contributed by atoms with Gasteiger partial charge in [-0.2, -0.15) is 5.10 Å². The van der Waals surface area contributed by atoms with Gasteiger partial charge in [-0.15, -0.1) is 0 Å². The van der Waals surface area contributed by atoms with Crippen molar-refractivity contribution in [2.24, 2.45) is 5.92 Å². The van der Waals surface area contributed by atoms with Crippen LogP contribution in [0, 0.1) is 5.92 Å². The lowest BCUT2D eigenvalue weighted by atomic mass is 10.2. The van der Waals surface area contributed by atoms with E-state index in [2.05, 4.69) is 22.3 Å². The third kappa shape index (κ3) is 3.68. The van der Waals surface area contributed by atoms with E-state index in [4.69, 9.17) is 0 Å². The van der Waals surface area contributed by atoms with E-state index < -0.39 is 0 Å². The van der Waals surface area contributed by atoms with Gasteiger partial charge in [0.15, 0.2) is 0 Å². The minimum Gasteiger partial charge on any atom is -0.323 e. The Morgan fingerprint density at radius 3 is 3.05 bits per heavy atom. The smallest absolute Gasteiger partial charge is 0.224 e. The van der Waals surface area contributed by atoms with E-state index >= 15 is 0 Å². The Morgan fingerprint density at radius 1 is 1.48 bits per heavy atom. The zero-order chi connectivity index (χ0) is 14.7. The summed E-state index contributed by atoms with van der Waals surface area (Å²) in [6.07, 6.45) is 9.04. The largest absolute Gasteiger partial charge is 0.323 e. The number of hydrogen-bond acceptors (Lipinski definition) is 3. The van der Waals surface area contributed by atoms with Crippen molar-refractivity contribution in [3.05, 3.63) is 42.5 Å². The van der Waals surface area contributed by atoms with E-state index in [9.17, 15) is 4.79 Å². The topological polar surface area (TPSA) is 59.8 Å². The summed E-state index contributed by atoms with van der Waals surface area (Å²) in [6.45, 7) is 2.18. The summed E-state index contributed by atoms with van der Waals surface area (Å²) in [6, 6.07) is 6.16. The molecule has 0 spiro atoms. The molecule has 0 bridgehead atoms. The van der Waals surface area contributed by atoms with Gasteiger partial charge >= 0.3 is 0 Å². The molecule has 1 N–H and O–H groups in total. The average Bonchev–Trinajstić information content (AvgIpc) is 3.26. The highest BCUT2D eigenvalue weighted by molar-refractivity contribution is 5.90. The van der Waals surface area contributed by atoms with Crippen LogP contribution in [0.25, 0.3) is 0 Å². The van der Waals surface area contributed by atoms with Gasteiger partial charge in [0.2, 0.25) is 5.91 Å². The fourth-order valence-corrected chi connectivity index (χ4v) is 2.43. The summed E-state index contributed by atoms with van der Waals surface area (Å²) in [4.78, 5) is 16.2. The van der Waals surface area contributed by atoms with Gasteiger partial charge in [0.05, 0.1) is 17.9 Å². The van der Waals surface area contributed by atoms with Crippen LogP contribution in [0.2, 0.25) is 0 Å². The molecule has 5 heteroatoms. The molecule has 5 nitrogen and oxygen atoms in total. The summed E-state index contributed by atoms with van der Waals surface area (Å²) in [7, 11) is 0. The van der Waals surface area contributed by atoms with Crippen molar-refractivity contribution in [1.29, 1.82) is 0 Å². The third-order valence-electron chi connectivity index (χ3n) is 3.94. The molecule has 0 saturated heterocycles. The maximum Gasteiger partial charge on any atom is 0.224 e. The minimum absolute atomic E-state index is 0.000668. The predicted octanol–water partition coefficient (Wildman–Crippen LogP) is 2.82. The number of carbonyl (C=O) groups excluding carboxylic acids is 1. The molecule has 0 aliphatic heterocycles. The van der Waals surface area contributed by atoms with Crippen LogP contribution in [0.5, 0.6) is 0 Å². The van der Waals surface area contributed by atoms with Crippen LogP contribution in [0.4, 0.5) is 5.69 Å². The quantitative estimate of drug-likeness (QED) is 0.887. The molecule has 3 rings (SSSR count). The maximum atomic E-state index is 11.9. The fraction of sp³-hybridized carbons (Fsp3) is 0.438. The number of aromatic nitrogens is 3. The molecule has 2 aromatic rings. The molecule has 0 radical (unpaired) electrons. The van der Waals surface area contributed by atoms with E-state index in [0.29, 0.717) is 18.9 Å². The van der Waals surface area contributed by atoms with Crippen molar-refractivity contribution in [3.8, 4) is 0 Å². The molecular formula is C16H20N4O. The molecule has 0 aromatic carbocycles. The standard InChI is InChI=1S/C16H20N4O/c1-12(13-5-6-13)20-11-15(10-18-20)19-16(21)8-7-14-4-2-3-9-17-14/h2-4,9-13H,5-8H2,1H3,(H,19,21). The number of carbonyl (C=O) groups is 1. The van der Waals surface area contributed by atoms with Crippen LogP contribution in [0.1, 0.15) is 37.9 Å². The molecule has 1 unspecified atom stereocenters. The summed E-state index contributed by atoms with van der Waals surface area (Å²) in [5.74, 6) is 0.747. The zero-order valence-corrected chi connectivity index (χ0v) is 12.2. The number of amides is 1. The highest BCUT2D eigenvalue weighted by Crippen LogP contribution is 2.39. The van der Waals surface area contributed by atoms with Crippen molar-refractivity contribution in [2.45, 2.75) is 38.6 Å². The van der Waals surface area contributed by atoms with Crippen LogP contribution < -0.4 is 5.32 Å². The van der Waals surface area contributed by atoms with E-state index in [1.807, 2.05) is 29.1 Å². The lowest BCUT2D eigenvalue weighted by Gasteiger charge is -2.09. The Bertz CT molecular complexity index is 604. The number of pyridine rings is 1. The lowest BCUT2D eigenvalue weighted by molar-refractivity contribution is -0.116. The Balaban J connectivity index is 1.50. The number of rotatable bonds is 6. The second-order valence-corrected chi connectivity index (χ2v) is 5.66. The third-order valence-corrected chi connectivity index (χ3v) is 3.94. The molecule has 21 heavy (non-hydrogen) atoms. The van der Waals surface area contributed by atoms with Crippen LogP contribution in [-0.2, 0) is 11.2 Å². The first kappa shape index (κ1) is 13.8. The van der Waals surface area contributed by atoms with E-state index in [-0.39, 0.29) is 5.91 Å². The molecule has 110 valence electrons. The van der Waals surface area contributed by atoms with Gasteiger partial charge in [0.25, 0.3) is 0 Å². The molecule has 2 heterocycles. The van der Waals surface area contributed by atoms with Gasteiger partial charge in [-0.25, -0.2) is 0 Å². The maximum absolute atomic E-state index is 11.9. The normalized spacial score (nSPS) is 15.7. The molecule has 1 atom stereocenters. The molecule has 1 fully saturated rings. The number of aryl methyl sites for hydroxylation is 1.